The summed E-state index contributed by atoms with van der Waals surface area (Å²) in [6.07, 6.45) is 2.22. The van der Waals surface area contributed by atoms with E-state index < -0.39 is 29.9 Å². The predicted molar refractivity (Wildman–Crippen MR) is 101 cm³/mol. The Morgan fingerprint density at radius 3 is 1.43 bits per heavy atom. The third kappa shape index (κ3) is 14.0. The van der Waals surface area contributed by atoms with E-state index in [1.54, 1.807) is 0 Å². The monoisotopic (exact) mass is 430 g/mol. The molecule has 0 rings (SSSR count). The van der Waals surface area contributed by atoms with Crippen LogP contribution in [0.5, 0.6) is 0 Å². The Morgan fingerprint density at radius 2 is 1.03 bits per heavy atom. The number of hydrogen-bond donors (Lipinski definition) is 1. The Morgan fingerprint density at radius 1 is 0.667 bits per heavy atom. The van der Waals surface area contributed by atoms with Gasteiger partial charge in [0.1, 0.15) is 26.4 Å². The second-order valence-corrected chi connectivity index (χ2v) is 5.24. The highest BCUT2D eigenvalue weighted by molar-refractivity contribution is 5.81. The second kappa shape index (κ2) is 15.9. The lowest BCUT2D eigenvalue weighted by Gasteiger charge is -2.27. The van der Waals surface area contributed by atoms with Crippen molar-refractivity contribution < 1.29 is 52.7 Å². The molecule has 0 aromatic carbocycles. The fraction of sp³-hybridized carbons (Fsp3) is 0.474. The molecule has 0 aliphatic heterocycles. The molecule has 11 heteroatoms. The van der Waals surface area contributed by atoms with E-state index >= 15 is 0 Å². The molecule has 0 unspecified atom stereocenters. The molecular formula is C19H26O11. The molecule has 0 aliphatic rings. The molecule has 0 bridgehead atoms. The van der Waals surface area contributed by atoms with Crippen molar-refractivity contribution in [3.05, 3.63) is 38.0 Å². The van der Waals surface area contributed by atoms with E-state index in [9.17, 15) is 24.3 Å². The standard InChI is InChI=1S/C19H26O11/c1-4-15(20)25-9-10-28-18(23)7-8-19(24,29-13-11-26-16(21)5-2)30-14-12-27-17(22)6-3/h4-6,24H,1-3,7-14H2. The third-order valence-corrected chi connectivity index (χ3v) is 3.05. The number of aliphatic hydroxyl groups is 1. The molecule has 0 amide bonds. The first kappa shape index (κ1) is 27.0. The average molecular weight is 430 g/mol. The van der Waals surface area contributed by atoms with E-state index in [0.717, 1.165) is 18.2 Å². The molecular weight excluding hydrogens is 404 g/mol. The molecule has 168 valence electrons. The normalized spacial score (nSPS) is 10.4. The Kier molecular flexibility index (Phi) is 14.3. The minimum absolute atomic E-state index is 0.156. The second-order valence-electron chi connectivity index (χ2n) is 5.24. The smallest absolute Gasteiger partial charge is 0.330 e. The Balaban J connectivity index is 4.47. The number of esters is 4. The van der Waals surface area contributed by atoms with Gasteiger partial charge in [0, 0.05) is 24.6 Å². The van der Waals surface area contributed by atoms with Crippen molar-refractivity contribution in [2.24, 2.45) is 0 Å². The number of carbonyl (C=O) groups is 4. The lowest BCUT2D eigenvalue weighted by atomic mass is 10.2. The minimum atomic E-state index is -2.24. The Bertz CT molecular complexity index is 584. The summed E-state index contributed by atoms with van der Waals surface area (Å²) in [6, 6.07) is 0. The van der Waals surface area contributed by atoms with Crippen molar-refractivity contribution >= 4 is 23.9 Å². The van der Waals surface area contributed by atoms with Crippen LogP contribution in [0.3, 0.4) is 0 Å². The number of rotatable bonds is 17. The van der Waals surface area contributed by atoms with Gasteiger partial charge in [-0.3, -0.25) is 4.79 Å². The van der Waals surface area contributed by atoms with Crippen molar-refractivity contribution in [2.45, 2.75) is 18.8 Å². The summed E-state index contributed by atoms with van der Waals surface area (Å²) in [5.41, 5.74) is 0. The van der Waals surface area contributed by atoms with Crippen molar-refractivity contribution in [1.82, 2.24) is 0 Å². The van der Waals surface area contributed by atoms with Crippen LogP contribution in [0.1, 0.15) is 12.8 Å². The van der Waals surface area contributed by atoms with Gasteiger partial charge in [-0.1, -0.05) is 19.7 Å². The maximum Gasteiger partial charge on any atom is 0.330 e. The Labute approximate surface area is 173 Å². The van der Waals surface area contributed by atoms with Crippen molar-refractivity contribution in [2.75, 3.05) is 39.6 Å². The van der Waals surface area contributed by atoms with Gasteiger partial charge >= 0.3 is 23.9 Å². The molecule has 0 spiro atoms. The van der Waals surface area contributed by atoms with Crippen molar-refractivity contribution in [3.63, 3.8) is 0 Å². The van der Waals surface area contributed by atoms with Crippen LogP contribution >= 0.6 is 0 Å². The molecule has 0 heterocycles. The molecule has 1 N–H and O–H groups in total. The molecule has 0 radical (unpaired) electrons. The summed E-state index contributed by atoms with van der Waals surface area (Å²) in [4.78, 5) is 44.6. The average Bonchev–Trinajstić information content (AvgIpc) is 2.75. The fourth-order valence-corrected chi connectivity index (χ4v) is 1.68. The maximum absolute atomic E-state index is 11.8. The van der Waals surface area contributed by atoms with Crippen LogP contribution in [0.25, 0.3) is 0 Å². The largest absolute Gasteiger partial charge is 0.462 e. The first-order valence-electron chi connectivity index (χ1n) is 8.79. The molecule has 30 heavy (non-hydrogen) atoms. The molecule has 0 aromatic heterocycles. The molecule has 0 fully saturated rings. The highest BCUT2D eigenvalue weighted by Crippen LogP contribution is 2.17. The Hall–Kier alpha value is -3.02. The molecule has 11 nitrogen and oxygen atoms in total. The summed E-state index contributed by atoms with van der Waals surface area (Å²) in [5.74, 6) is -4.97. The molecule has 0 atom stereocenters. The highest BCUT2D eigenvalue weighted by Gasteiger charge is 2.30. The van der Waals surface area contributed by atoms with Gasteiger partial charge in [-0.2, -0.15) is 0 Å². The number of carbonyl (C=O) groups excluding carboxylic acids is 4. The fourth-order valence-electron chi connectivity index (χ4n) is 1.68. The van der Waals surface area contributed by atoms with Crippen LogP contribution in [0.2, 0.25) is 0 Å². The third-order valence-electron chi connectivity index (χ3n) is 3.05. The van der Waals surface area contributed by atoms with Crippen LogP contribution in [-0.4, -0.2) is 74.6 Å². The van der Waals surface area contributed by atoms with Crippen LogP contribution in [-0.2, 0) is 47.6 Å². The number of hydrogen-bond acceptors (Lipinski definition) is 11. The predicted octanol–water partition coefficient (Wildman–Crippen LogP) is 0.177. The first-order chi connectivity index (χ1) is 14.3. The first-order valence-corrected chi connectivity index (χ1v) is 8.79. The lowest BCUT2D eigenvalue weighted by molar-refractivity contribution is -0.365. The van der Waals surface area contributed by atoms with E-state index in [4.69, 9.17) is 23.7 Å². The van der Waals surface area contributed by atoms with E-state index in [1.807, 2.05) is 0 Å². The molecule has 0 aromatic rings. The van der Waals surface area contributed by atoms with Crippen LogP contribution in [0.4, 0.5) is 0 Å². The van der Waals surface area contributed by atoms with Crippen LogP contribution < -0.4 is 0 Å². The van der Waals surface area contributed by atoms with Gasteiger partial charge in [-0.05, 0) is 0 Å². The van der Waals surface area contributed by atoms with Gasteiger partial charge in [0.05, 0.1) is 19.6 Å². The van der Waals surface area contributed by atoms with Gasteiger partial charge in [0.15, 0.2) is 0 Å². The zero-order valence-corrected chi connectivity index (χ0v) is 16.5. The van der Waals surface area contributed by atoms with E-state index in [1.165, 1.54) is 0 Å². The van der Waals surface area contributed by atoms with E-state index in [-0.39, 0.29) is 52.5 Å². The molecule has 0 saturated carbocycles. The summed E-state index contributed by atoms with van der Waals surface area (Å²) in [5, 5.41) is 10.4. The molecule has 0 aliphatic carbocycles. The zero-order valence-electron chi connectivity index (χ0n) is 16.5. The summed E-state index contributed by atoms with van der Waals surface area (Å²) in [7, 11) is 0. The lowest BCUT2D eigenvalue weighted by Crippen LogP contribution is -2.39. The van der Waals surface area contributed by atoms with E-state index in [2.05, 4.69) is 24.5 Å². The van der Waals surface area contributed by atoms with Crippen LogP contribution in [0, 0.1) is 0 Å². The SMILES string of the molecule is C=CC(=O)OCCOC(=O)CCC(O)(OCCOC(=O)C=C)OCCOC(=O)C=C. The van der Waals surface area contributed by atoms with E-state index in [0.29, 0.717) is 0 Å². The summed E-state index contributed by atoms with van der Waals surface area (Å²) >= 11 is 0. The van der Waals surface area contributed by atoms with Crippen molar-refractivity contribution in [1.29, 1.82) is 0 Å². The summed E-state index contributed by atoms with van der Waals surface area (Å²) < 4.78 is 29.2. The van der Waals surface area contributed by atoms with Gasteiger partial charge in [0.25, 0.3) is 5.97 Å². The topological polar surface area (TPSA) is 144 Å². The summed E-state index contributed by atoms with van der Waals surface area (Å²) in [6.45, 7) is 8.41. The molecule has 0 saturated heterocycles. The van der Waals surface area contributed by atoms with Gasteiger partial charge in [-0.15, -0.1) is 0 Å². The van der Waals surface area contributed by atoms with Gasteiger partial charge in [0.2, 0.25) is 0 Å². The van der Waals surface area contributed by atoms with Crippen molar-refractivity contribution in [3.8, 4) is 0 Å². The maximum atomic E-state index is 11.8. The number of ether oxygens (including phenoxy) is 6. The zero-order chi connectivity index (χ0) is 22.8. The quantitative estimate of drug-likeness (QED) is 0.111. The van der Waals surface area contributed by atoms with Crippen LogP contribution in [0.15, 0.2) is 38.0 Å². The minimum Gasteiger partial charge on any atom is -0.462 e. The highest BCUT2D eigenvalue weighted by atomic mass is 16.8. The van der Waals surface area contributed by atoms with Gasteiger partial charge < -0.3 is 33.5 Å². The van der Waals surface area contributed by atoms with Gasteiger partial charge in [-0.25, -0.2) is 14.4 Å².